The van der Waals surface area contributed by atoms with Crippen LogP contribution in [0.4, 0.5) is 0 Å². The second-order valence-corrected chi connectivity index (χ2v) is 4.16. The summed E-state index contributed by atoms with van der Waals surface area (Å²) in [4.78, 5) is 4.33. The maximum absolute atomic E-state index is 5.54. The summed E-state index contributed by atoms with van der Waals surface area (Å²) in [6, 6.07) is 8.09. The lowest BCUT2D eigenvalue weighted by Gasteiger charge is -2.06. The molecule has 78 valence electrons. The summed E-state index contributed by atoms with van der Waals surface area (Å²) in [5.74, 6) is 0.960. The lowest BCUT2D eigenvalue weighted by Crippen LogP contribution is -2.10. The Hall–Kier alpha value is -1.13. The lowest BCUT2D eigenvalue weighted by molar-refractivity contribution is 0.715. The third kappa shape index (κ3) is 2.27. The number of halogens is 1. The van der Waals surface area contributed by atoms with Crippen molar-refractivity contribution < 1.29 is 0 Å². The molecule has 0 atom stereocenters. The quantitative estimate of drug-likeness (QED) is 0.926. The highest BCUT2D eigenvalue weighted by molar-refractivity contribution is 9.10. The summed E-state index contributed by atoms with van der Waals surface area (Å²) in [5.41, 5.74) is 6.64. The van der Waals surface area contributed by atoms with Crippen LogP contribution in [0, 0.1) is 0 Å². The Kier molecular flexibility index (Phi) is 3.18. The smallest absolute Gasteiger partial charge is 0.139 e. The van der Waals surface area contributed by atoms with Gasteiger partial charge in [-0.05, 0) is 12.1 Å². The van der Waals surface area contributed by atoms with Crippen LogP contribution >= 0.6 is 15.9 Å². The minimum absolute atomic E-state index is 0.622. The molecule has 3 nitrogen and oxygen atoms in total. The highest BCUT2D eigenvalue weighted by Crippen LogP contribution is 2.21. The molecule has 0 bridgehead atoms. The maximum atomic E-state index is 5.54. The van der Waals surface area contributed by atoms with Gasteiger partial charge < -0.3 is 10.3 Å². The van der Waals surface area contributed by atoms with Gasteiger partial charge in [0.15, 0.2) is 0 Å². The summed E-state index contributed by atoms with van der Waals surface area (Å²) >= 11 is 3.45. The minimum Gasteiger partial charge on any atom is -0.330 e. The number of nitrogens with zero attached hydrogens (tertiary/aromatic N) is 2. The SMILES string of the molecule is NCCn1ccnc1-c1cccc(Br)c1. The summed E-state index contributed by atoms with van der Waals surface area (Å²) in [7, 11) is 0. The minimum atomic E-state index is 0.622. The topological polar surface area (TPSA) is 43.8 Å². The van der Waals surface area contributed by atoms with Crippen molar-refractivity contribution >= 4 is 15.9 Å². The zero-order valence-electron chi connectivity index (χ0n) is 8.23. The molecule has 2 N–H and O–H groups in total. The van der Waals surface area contributed by atoms with Gasteiger partial charge in [0, 0.05) is 35.5 Å². The molecule has 1 aromatic heterocycles. The molecule has 0 unspecified atom stereocenters. The van der Waals surface area contributed by atoms with E-state index in [1.165, 1.54) is 0 Å². The van der Waals surface area contributed by atoms with E-state index in [4.69, 9.17) is 5.73 Å². The average Bonchev–Trinajstić information content (AvgIpc) is 2.66. The van der Waals surface area contributed by atoms with E-state index in [1.54, 1.807) is 6.20 Å². The number of benzene rings is 1. The van der Waals surface area contributed by atoms with Crippen molar-refractivity contribution in [3.63, 3.8) is 0 Å². The van der Waals surface area contributed by atoms with Gasteiger partial charge in [0.1, 0.15) is 5.82 Å². The van der Waals surface area contributed by atoms with Crippen LogP contribution in [0.2, 0.25) is 0 Å². The Balaban J connectivity index is 2.40. The van der Waals surface area contributed by atoms with Crippen LogP contribution in [-0.4, -0.2) is 16.1 Å². The van der Waals surface area contributed by atoms with Crippen LogP contribution < -0.4 is 5.73 Å². The highest BCUT2D eigenvalue weighted by Gasteiger charge is 2.04. The van der Waals surface area contributed by atoms with E-state index in [0.29, 0.717) is 6.54 Å². The zero-order chi connectivity index (χ0) is 10.7. The summed E-state index contributed by atoms with van der Waals surface area (Å²) < 4.78 is 3.11. The average molecular weight is 266 g/mol. The molecule has 0 saturated heterocycles. The van der Waals surface area contributed by atoms with Gasteiger partial charge in [-0.3, -0.25) is 0 Å². The molecule has 4 heteroatoms. The number of aromatic nitrogens is 2. The largest absolute Gasteiger partial charge is 0.330 e. The summed E-state index contributed by atoms with van der Waals surface area (Å²) in [5, 5.41) is 0. The van der Waals surface area contributed by atoms with Gasteiger partial charge in [-0.2, -0.15) is 0 Å². The van der Waals surface area contributed by atoms with Gasteiger partial charge in [-0.1, -0.05) is 28.1 Å². The fourth-order valence-corrected chi connectivity index (χ4v) is 1.92. The van der Waals surface area contributed by atoms with E-state index in [1.807, 2.05) is 24.4 Å². The van der Waals surface area contributed by atoms with Crippen molar-refractivity contribution in [2.45, 2.75) is 6.54 Å². The highest BCUT2D eigenvalue weighted by atomic mass is 79.9. The first-order valence-corrected chi connectivity index (χ1v) is 5.57. The monoisotopic (exact) mass is 265 g/mol. The second-order valence-electron chi connectivity index (χ2n) is 3.24. The van der Waals surface area contributed by atoms with Crippen LogP contribution in [-0.2, 0) is 6.54 Å². The molecule has 0 radical (unpaired) electrons. The van der Waals surface area contributed by atoms with Crippen molar-refractivity contribution in [1.82, 2.24) is 9.55 Å². The van der Waals surface area contributed by atoms with Crippen molar-refractivity contribution in [2.75, 3.05) is 6.54 Å². The van der Waals surface area contributed by atoms with E-state index in [2.05, 4.69) is 31.5 Å². The summed E-state index contributed by atoms with van der Waals surface area (Å²) in [6.45, 7) is 1.42. The molecular weight excluding hydrogens is 254 g/mol. The fourth-order valence-electron chi connectivity index (χ4n) is 1.52. The van der Waals surface area contributed by atoms with E-state index in [0.717, 1.165) is 22.4 Å². The molecule has 0 amide bonds. The molecule has 2 rings (SSSR count). The molecule has 2 aromatic rings. The number of hydrogen-bond acceptors (Lipinski definition) is 2. The number of hydrogen-bond donors (Lipinski definition) is 1. The molecule has 0 fully saturated rings. The van der Waals surface area contributed by atoms with Gasteiger partial charge in [-0.15, -0.1) is 0 Å². The number of nitrogens with two attached hydrogens (primary N) is 1. The molecule has 0 spiro atoms. The first kappa shape index (κ1) is 10.4. The molecule has 1 heterocycles. The third-order valence-electron chi connectivity index (χ3n) is 2.17. The third-order valence-corrected chi connectivity index (χ3v) is 2.66. The van der Waals surface area contributed by atoms with Gasteiger partial charge in [-0.25, -0.2) is 4.98 Å². The zero-order valence-corrected chi connectivity index (χ0v) is 9.81. The standard InChI is InChI=1S/C11H12BrN3/c12-10-3-1-2-9(8-10)11-14-5-7-15(11)6-4-13/h1-3,5,7-8H,4,6,13H2. The van der Waals surface area contributed by atoms with Crippen LogP contribution in [0.25, 0.3) is 11.4 Å². The van der Waals surface area contributed by atoms with E-state index in [-0.39, 0.29) is 0 Å². The number of rotatable bonds is 3. The first-order chi connectivity index (χ1) is 7.31. The Morgan fingerprint density at radius 1 is 1.40 bits per heavy atom. The molecule has 0 aliphatic heterocycles. The first-order valence-electron chi connectivity index (χ1n) is 4.78. The normalized spacial score (nSPS) is 10.5. The van der Waals surface area contributed by atoms with Crippen molar-refractivity contribution in [3.8, 4) is 11.4 Å². The van der Waals surface area contributed by atoms with Crippen LogP contribution in [0.1, 0.15) is 0 Å². The van der Waals surface area contributed by atoms with Crippen LogP contribution in [0.3, 0.4) is 0 Å². The molecule has 0 aliphatic carbocycles. The van der Waals surface area contributed by atoms with Gasteiger partial charge >= 0.3 is 0 Å². The predicted molar refractivity (Wildman–Crippen MR) is 64.4 cm³/mol. The molecule has 15 heavy (non-hydrogen) atoms. The Bertz CT molecular complexity index is 451. The Labute approximate surface area is 97.1 Å². The molecule has 1 aromatic carbocycles. The van der Waals surface area contributed by atoms with Crippen molar-refractivity contribution in [1.29, 1.82) is 0 Å². The van der Waals surface area contributed by atoms with Crippen molar-refractivity contribution in [3.05, 3.63) is 41.1 Å². The number of imidazole rings is 1. The van der Waals surface area contributed by atoms with Gasteiger partial charge in [0.2, 0.25) is 0 Å². The van der Waals surface area contributed by atoms with E-state index < -0.39 is 0 Å². The van der Waals surface area contributed by atoms with E-state index in [9.17, 15) is 0 Å². The predicted octanol–water partition coefficient (Wildman–Crippen LogP) is 2.27. The van der Waals surface area contributed by atoms with Crippen LogP contribution in [0.15, 0.2) is 41.1 Å². The maximum Gasteiger partial charge on any atom is 0.139 e. The Morgan fingerprint density at radius 2 is 2.27 bits per heavy atom. The van der Waals surface area contributed by atoms with Crippen molar-refractivity contribution in [2.24, 2.45) is 5.73 Å². The fraction of sp³-hybridized carbons (Fsp3) is 0.182. The van der Waals surface area contributed by atoms with E-state index >= 15 is 0 Å². The van der Waals surface area contributed by atoms with Gasteiger partial charge in [0.05, 0.1) is 0 Å². The Morgan fingerprint density at radius 3 is 3.00 bits per heavy atom. The summed E-state index contributed by atoms with van der Waals surface area (Å²) in [6.07, 6.45) is 3.75. The van der Waals surface area contributed by atoms with Crippen LogP contribution in [0.5, 0.6) is 0 Å². The lowest BCUT2D eigenvalue weighted by atomic mass is 10.2. The molecular formula is C11H12BrN3. The van der Waals surface area contributed by atoms with Gasteiger partial charge in [0.25, 0.3) is 0 Å². The molecule has 0 aliphatic rings. The second kappa shape index (κ2) is 4.59. The molecule has 0 saturated carbocycles.